The zero-order chi connectivity index (χ0) is 12.7. The minimum Gasteiger partial charge on any atom is -0.380 e. The number of nitrogens with one attached hydrogen (secondary N) is 2. The standard InChI is InChI=1S/C11H14F2N2O2/c1-2-17-6-5-14-11(16)15-10-4-3-8(12)7-9(10)13/h3-4,7H,2,5-6H2,1H3,(H2,14,15,16). The van der Waals surface area contributed by atoms with Crippen molar-refractivity contribution in [3.8, 4) is 0 Å². The summed E-state index contributed by atoms with van der Waals surface area (Å²) in [5.74, 6) is -1.50. The Bertz CT molecular complexity index is 386. The van der Waals surface area contributed by atoms with Crippen molar-refractivity contribution >= 4 is 11.7 Å². The van der Waals surface area contributed by atoms with E-state index in [1.54, 1.807) is 0 Å². The predicted molar refractivity (Wildman–Crippen MR) is 59.9 cm³/mol. The summed E-state index contributed by atoms with van der Waals surface area (Å²) in [4.78, 5) is 11.3. The quantitative estimate of drug-likeness (QED) is 0.779. The molecule has 0 spiro atoms. The fourth-order valence-corrected chi connectivity index (χ4v) is 1.14. The maximum Gasteiger partial charge on any atom is 0.319 e. The third-order valence-corrected chi connectivity index (χ3v) is 1.92. The number of amides is 2. The second kappa shape index (κ2) is 6.80. The van der Waals surface area contributed by atoms with Crippen LogP contribution in [0.3, 0.4) is 0 Å². The van der Waals surface area contributed by atoms with Gasteiger partial charge in [0.2, 0.25) is 0 Å². The fraction of sp³-hybridized carbons (Fsp3) is 0.364. The molecule has 0 aliphatic rings. The summed E-state index contributed by atoms with van der Waals surface area (Å²) in [6, 6.07) is 2.37. The molecule has 0 bridgehead atoms. The SMILES string of the molecule is CCOCCNC(=O)Nc1ccc(F)cc1F. The maximum absolute atomic E-state index is 13.1. The molecule has 0 unspecified atom stereocenters. The molecular weight excluding hydrogens is 230 g/mol. The summed E-state index contributed by atoms with van der Waals surface area (Å²) in [6.07, 6.45) is 0. The highest BCUT2D eigenvalue weighted by molar-refractivity contribution is 5.89. The van der Waals surface area contributed by atoms with E-state index in [-0.39, 0.29) is 5.69 Å². The number of hydrogen-bond donors (Lipinski definition) is 2. The molecule has 0 saturated carbocycles. The van der Waals surface area contributed by atoms with Gasteiger partial charge in [0.1, 0.15) is 11.6 Å². The predicted octanol–water partition coefficient (Wildman–Crippen LogP) is 2.12. The van der Waals surface area contributed by atoms with Crippen molar-refractivity contribution in [1.29, 1.82) is 0 Å². The van der Waals surface area contributed by atoms with Gasteiger partial charge < -0.3 is 15.4 Å². The normalized spacial score (nSPS) is 10.1. The molecule has 1 rings (SSSR count). The van der Waals surface area contributed by atoms with Gasteiger partial charge in [-0.05, 0) is 19.1 Å². The molecule has 2 amide bonds. The number of rotatable bonds is 5. The Morgan fingerprint density at radius 3 is 2.82 bits per heavy atom. The summed E-state index contributed by atoms with van der Waals surface area (Å²) in [6.45, 7) is 3.11. The van der Waals surface area contributed by atoms with Gasteiger partial charge in [0.15, 0.2) is 0 Å². The van der Waals surface area contributed by atoms with Crippen molar-refractivity contribution < 1.29 is 18.3 Å². The monoisotopic (exact) mass is 244 g/mol. The van der Waals surface area contributed by atoms with Gasteiger partial charge in [-0.25, -0.2) is 13.6 Å². The van der Waals surface area contributed by atoms with Crippen LogP contribution in [0, 0.1) is 11.6 Å². The maximum atomic E-state index is 13.1. The van der Waals surface area contributed by atoms with E-state index < -0.39 is 17.7 Å². The highest BCUT2D eigenvalue weighted by atomic mass is 19.1. The zero-order valence-corrected chi connectivity index (χ0v) is 9.43. The van der Waals surface area contributed by atoms with Crippen LogP contribution in [-0.2, 0) is 4.74 Å². The van der Waals surface area contributed by atoms with Crippen molar-refractivity contribution in [2.45, 2.75) is 6.92 Å². The van der Waals surface area contributed by atoms with Crippen molar-refractivity contribution in [2.75, 3.05) is 25.1 Å². The van der Waals surface area contributed by atoms with Crippen LogP contribution < -0.4 is 10.6 Å². The lowest BCUT2D eigenvalue weighted by Crippen LogP contribution is -2.31. The summed E-state index contributed by atoms with van der Waals surface area (Å²) in [5.41, 5.74) is -0.0692. The van der Waals surface area contributed by atoms with Gasteiger partial charge in [-0.2, -0.15) is 0 Å². The van der Waals surface area contributed by atoms with Crippen LogP contribution in [0.1, 0.15) is 6.92 Å². The number of carbonyl (C=O) groups excluding carboxylic acids is 1. The summed E-state index contributed by atoms with van der Waals surface area (Å²) in [5, 5.41) is 4.74. The number of ether oxygens (including phenoxy) is 1. The lowest BCUT2D eigenvalue weighted by atomic mass is 10.3. The first-order chi connectivity index (χ1) is 8.13. The fourth-order valence-electron chi connectivity index (χ4n) is 1.14. The summed E-state index contributed by atoms with van der Waals surface area (Å²) < 4.78 is 30.7. The molecule has 0 fully saturated rings. The Morgan fingerprint density at radius 1 is 1.41 bits per heavy atom. The van der Waals surface area contributed by atoms with E-state index in [1.165, 1.54) is 0 Å². The Kier molecular flexibility index (Phi) is 5.35. The molecule has 2 N–H and O–H groups in total. The van der Waals surface area contributed by atoms with Crippen molar-refractivity contribution in [2.24, 2.45) is 0 Å². The minimum atomic E-state index is -0.815. The zero-order valence-electron chi connectivity index (χ0n) is 9.43. The molecule has 0 saturated heterocycles. The summed E-state index contributed by atoms with van der Waals surface area (Å²) >= 11 is 0. The smallest absolute Gasteiger partial charge is 0.319 e. The van der Waals surface area contributed by atoms with Crippen molar-refractivity contribution in [1.82, 2.24) is 5.32 Å². The first-order valence-corrected chi connectivity index (χ1v) is 5.21. The molecule has 0 heterocycles. The largest absolute Gasteiger partial charge is 0.380 e. The molecule has 4 nitrogen and oxygen atoms in total. The van der Waals surface area contributed by atoms with Crippen LogP contribution >= 0.6 is 0 Å². The molecule has 1 aromatic rings. The lowest BCUT2D eigenvalue weighted by Gasteiger charge is -2.08. The minimum absolute atomic E-state index is 0.0692. The summed E-state index contributed by atoms with van der Waals surface area (Å²) in [7, 11) is 0. The number of carbonyl (C=O) groups is 1. The molecule has 0 aliphatic carbocycles. The molecule has 0 radical (unpaired) electrons. The van der Waals surface area contributed by atoms with Crippen LogP contribution in [0.15, 0.2) is 18.2 Å². The second-order valence-electron chi connectivity index (χ2n) is 3.20. The number of urea groups is 1. The van der Waals surface area contributed by atoms with Gasteiger partial charge in [-0.15, -0.1) is 0 Å². The third-order valence-electron chi connectivity index (χ3n) is 1.92. The number of halogens is 2. The molecule has 17 heavy (non-hydrogen) atoms. The van der Waals surface area contributed by atoms with Crippen LogP contribution in [0.5, 0.6) is 0 Å². The number of benzene rings is 1. The Labute approximate surface area is 98.0 Å². The Hall–Kier alpha value is -1.69. The van der Waals surface area contributed by atoms with Crippen molar-refractivity contribution in [3.05, 3.63) is 29.8 Å². The number of hydrogen-bond acceptors (Lipinski definition) is 2. The molecule has 6 heteroatoms. The number of anilines is 1. The van der Waals surface area contributed by atoms with E-state index in [2.05, 4.69) is 10.6 Å². The van der Waals surface area contributed by atoms with Crippen LogP contribution in [0.25, 0.3) is 0 Å². The van der Waals surface area contributed by atoms with Gasteiger partial charge in [0.25, 0.3) is 0 Å². The molecular formula is C11H14F2N2O2. The molecule has 0 aromatic heterocycles. The molecule has 0 atom stereocenters. The van der Waals surface area contributed by atoms with E-state index in [4.69, 9.17) is 4.74 Å². The average molecular weight is 244 g/mol. The molecule has 1 aromatic carbocycles. The first kappa shape index (κ1) is 13.4. The van der Waals surface area contributed by atoms with Gasteiger partial charge in [-0.1, -0.05) is 0 Å². The van der Waals surface area contributed by atoms with Gasteiger partial charge in [0.05, 0.1) is 12.3 Å². The van der Waals surface area contributed by atoms with Gasteiger partial charge >= 0.3 is 6.03 Å². The van der Waals surface area contributed by atoms with Gasteiger partial charge in [-0.3, -0.25) is 0 Å². The van der Waals surface area contributed by atoms with Crippen LogP contribution in [0.2, 0.25) is 0 Å². The van der Waals surface area contributed by atoms with Gasteiger partial charge in [0, 0.05) is 19.2 Å². The third kappa shape index (κ3) is 4.78. The molecule has 94 valence electrons. The van der Waals surface area contributed by atoms with Crippen molar-refractivity contribution in [3.63, 3.8) is 0 Å². The van der Waals surface area contributed by atoms with E-state index in [0.717, 1.165) is 12.1 Å². The van der Waals surface area contributed by atoms with Crippen LogP contribution in [-0.4, -0.2) is 25.8 Å². The van der Waals surface area contributed by atoms with E-state index in [0.29, 0.717) is 25.8 Å². The Balaban J connectivity index is 2.40. The van der Waals surface area contributed by atoms with E-state index in [1.807, 2.05) is 6.92 Å². The lowest BCUT2D eigenvalue weighted by molar-refractivity contribution is 0.150. The highest BCUT2D eigenvalue weighted by Crippen LogP contribution is 2.14. The topological polar surface area (TPSA) is 50.4 Å². The average Bonchev–Trinajstić information content (AvgIpc) is 2.28. The highest BCUT2D eigenvalue weighted by Gasteiger charge is 2.06. The first-order valence-electron chi connectivity index (χ1n) is 5.21. The second-order valence-corrected chi connectivity index (χ2v) is 3.20. The van der Waals surface area contributed by atoms with E-state index >= 15 is 0 Å². The van der Waals surface area contributed by atoms with E-state index in [9.17, 15) is 13.6 Å². The molecule has 0 aliphatic heterocycles. The Morgan fingerprint density at radius 2 is 2.18 bits per heavy atom. The van der Waals surface area contributed by atoms with Crippen LogP contribution in [0.4, 0.5) is 19.3 Å².